The van der Waals surface area contributed by atoms with Crippen molar-refractivity contribution >= 4 is 28.5 Å². The number of aromatic nitrogens is 2. The Labute approximate surface area is 196 Å². The summed E-state index contributed by atoms with van der Waals surface area (Å²) < 4.78 is 7.73. The van der Waals surface area contributed by atoms with Gasteiger partial charge in [0.05, 0.1) is 12.2 Å². The fourth-order valence-electron chi connectivity index (χ4n) is 3.19. The molecule has 2 aromatic carbocycles. The maximum atomic E-state index is 12.7. The van der Waals surface area contributed by atoms with Crippen molar-refractivity contribution in [2.24, 2.45) is 0 Å². The molecule has 2 aromatic heterocycles. The van der Waals surface area contributed by atoms with Crippen molar-refractivity contribution in [2.75, 3.05) is 11.9 Å². The summed E-state index contributed by atoms with van der Waals surface area (Å²) in [6.07, 6.45) is 3.47. The fraction of sp³-hybridized carbons (Fsp3) is 0.115. The summed E-state index contributed by atoms with van der Waals surface area (Å²) in [5.74, 6) is 0.315. The first-order valence-electron chi connectivity index (χ1n) is 10.4. The van der Waals surface area contributed by atoms with Gasteiger partial charge in [-0.15, -0.1) is 11.3 Å². The van der Waals surface area contributed by atoms with Crippen LogP contribution in [0.25, 0.3) is 17.3 Å². The van der Waals surface area contributed by atoms with Gasteiger partial charge in [0.1, 0.15) is 24.0 Å². The second kappa shape index (κ2) is 10.4. The minimum absolute atomic E-state index is 0.00543. The fourth-order valence-corrected chi connectivity index (χ4v) is 3.91. The highest BCUT2D eigenvalue weighted by Crippen LogP contribution is 2.25. The Hall–Kier alpha value is -4.15. The summed E-state index contributed by atoms with van der Waals surface area (Å²) in [6.45, 7) is 3.08. The third-order valence-corrected chi connectivity index (χ3v) is 5.70. The van der Waals surface area contributed by atoms with Gasteiger partial charge in [0.2, 0.25) is 0 Å². The zero-order chi connectivity index (χ0) is 23.0. The van der Waals surface area contributed by atoms with Crippen LogP contribution in [0, 0.1) is 18.3 Å². The van der Waals surface area contributed by atoms with Gasteiger partial charge in [0.25, 0.3) is 5.91 Å². The molecule has 0 aliphatic heterocycles. The van der Waals surface area contributed by atoms with Crippen LogP contribution in [0.5, 0.6) is 5.75 Å². The molecule has 1 amide bonds. The molecule has 0 aliphatic rings. The minimum atomic E-state index is -0.491. The topological polar surface area (TPSA) is 79.9 Å². The zero-order valence-electron chi connectivity index (χ0n) is 18.1. The number of hydrogen-bond acceptors (Lipinski definition) is 5. The maximum Gasteiger partial charge on any atom is 0.268 e. The molecule has 0 atom stereocenters. The number of thiazole rings is 1. The van der Waals surface area contributed by atoms with Crippen LogP contribution in [0.1, 0.15) is 11.3 Å². The second-order valence-corrected chi connectivity index (χ2v) is 8.17. The van der Waals surface area contributed by atoms with Crippen LogP contribution in [0.15, 0.2) is 83.9 Å². The van der Waals surface area contributed by atoms with E-state index >= 15 is 0 Å². The van der Waals surface area contributed by atoms with Crippen LogP contribution in [0.3, 0.4) is 0 Å². The second-order valence-electron chi connectivity index (χ2n) is 7.32. The van der Waals surface area contributed by atoms with Crippen molar-refractivity contribution in [3.05, 3.63) is 95.1 Å². The van der Waals surface area contributed by atoms with Crippen molar-refractivity contribution in [1.29, 1.82) is 5.26 Å². The Bertz CT molecular complexity index is 1300. The van der Waals surface area contributed by atoms with Gasteiger partial charge in [-0.2, -0.15) is 5.26 Å². The lowest BCUT2D eigenvalue weighted by Gasteiger charge is -2.09. The molecule has 0 bridgehead atoms. The first-order chi connectivity index (χ1) is 16.1. The lowest BCUT2D eigenvalue weighted by molar-refractivity contribution is -0.112. The quantitative estimate of drug-likeness (QED) is 0.280. The molecule has 0 unspecified atom stereocenters. The van der Waals surface area contributed by atoms with Crippen LogP contribution in [0.4, 0.5) is 5.13 Å². The highest BCUT2D eigenvalue weighted by Gasteiger charge is 2.13. The number of ether oxygens (including phenoxy) is 1. The Kier molecular flexibility index (Phi) is 6.98. The number of carbonyl (C=O) groups excluding carboxylic acids is 1. The molecule has 0 fully saturated rings. The molecule has 4 aromatic rings. The largest absolute Gasteiger partial charge is 0.492 e. The van der Waals surface area contributed by atoms with Gasteiger partial charge < -0.3 is 9.30 Å². The van der Waals surface area contributed by atoms with Gasteiger partial charge in [0.15, 0.2) is 5.13 Å². The highest BCUT2D eigenvalue weighted by molar-refractivity contribution is 7.14. The number of aryl methyl sites for hydroxylation is 1. The summed E-state index contributed by atoms with van der Waals surface area (Å²) >= 11 is 1.32. The van der Waals surface area contributed by atoms with E-state index in [1.807, 2.05) is 95.9 Å². The summed E-state index contributed by atoms with van der Waals surface area (Å²) in [7, 11) is 0. The predicted molar refractivity (Wildman–Crippen MR) is 131 cm³/mol. The summed E-state index contributed by atoms with van der Waals surface area (Å²) in [5, 5.41) is 14.6. The predicted octanol–water partition coefficient (Wildman–Crippen LogP) is 5.54. The summed E-state index contributed by atoms with van der Waals surface area (Å²) in [5.41, 5.74) is 3.68. The van der Waals surface area contributed by atoms with E-state index in [0.29, 0.717) is 18.3 Å². The van der Waals surface area contributed by atoms with Gasteiger partial charge in [-0.1, -0.05) is 48.0 Å². The molecule has 0 radical (unpaired) electrons. The molecule has 33 heavy (non-hydrogen) atoms. The van der Waals surface area contributed by atoms with E-state index in [1.165, 1.54) is 16.9 Å². The van der Waals surface area contributed by atoms with E-state index < -0.39 is 5.91 Å². The van der Waals surface area contributed by atoms with Crippen LogP contribution < -0.4 is 10.1 Å². The average molecular weight is 455 g/mol. The van der Waals surface area contributed by atoms with Crippen LogP contribution in [-0.4, -0.2) is 22.1 Å². The monoisotopic (exact) mass is 454 g/mol. The molecule has 0 spiro atoms. The number of anilines is 1. The lowest BCUT2D eigenvalue weighted by atomic mass is 10.2. The van der Waals surface area contributed by atoms with Gasteiger partial charge in [-0.25, -0.2) is 4.98 Å². The standard InChI is InChI=1S/C26H22N4O2S/c1-19-9-11-23(12-10-19)32-15-14-30-13-5-8-22(30)16-21(17-27)25(31)29-26-28-24(18-33-26)20-6-3-2-4-7-20/h2-13,16,18H,14-15H2,1H3,(H,28,29,31)/b21-16-. The van der Waals surface area contributed by atoms with Crippen molar-refractivity contribution in [1.82, 2.24) is 9.55 Å². The lowest BCUT2D eigenvalue weighted by Crippen LogP contribution is -2.14. The molecule has 0 saturated carbocycles. The molecule has 1 N–H and O–H groups in total. The van der Waals surface area contributed by atoms with Crippen molar-refractivity contribution in [3.63, 3.8) is 0 Å². The zero-order valence-corrected chi connectivity index (χ0v) is 18.9. The van der Waals surface area contributed by atoms with E-state index in [0.717, 1.165) is 22.7 Å². The number of nitrogens with zero attached hydrogens (tertiary/aromatic N) is 3. The number of amides is 1. The molecule has 4 rings (SSSR count). The molecule has 0 saturated heterocycles. The number of rotatable bonds is 8. The number of nitrogens with one attached hydrogen (secondary N) is 1. The van der Waals surface area contributed by atoms with Gasteiger partial charge in [-0.05, 0) is 37.3 Å². The first-order valence-corrected chi connectivity index (χ1v) is 11.3. The van der Waals surface area contributed by atoms with E-state index in [-0.39, 0.29) is 5.57 Å². The number of hydrogen-bond donors (Lipinski definition) is 1. The Morgan fingerprint density at radius 1 is 1.15 bits per heavy atom. The first kappa shape index (κ1) is 22.1. The highest BCUT2D eigenvalue weighted by atomic mass is 32.1. The number of carbonyl (C=O) groups is 1. The molecule has 0 aliphatic carbocycles. The molecule has 164 valence electrons. The normalized spacial score (nSPS) is 11.1. The van der Waals surface area contributed by atoms with Crippen LogP contribution in [0.2, 0.25) is 0 Å². The molecular weight excluding hydrogens is 432 g/mol. The minimum Gasteiger partial charge on any atom is -0.492 e. The average Bonchev–Trinajstić information content (AvgIpc) is 3.49. The molecular formula is C26H22N4O2S. The molecule has 6 nitrogen and oxygen atoms in total. The van der Waals surface area contributed by atoms with Gasteiger partial charge >= 0.3 is 0 Å². The van der Waals surface area contributed by atoms with E-state index in [9.17, 15) is 10.1 Å². The third-order valence-electron chi connectivity index (χ3n) is 4.94. The van der Waals surface area contributed by atoms with Crippen LogP contribution in [-0.2, 0) is 11.3 Å². The van der Waals surface area contributed by atoms with Crippen molar-refractivity contribution < 1.29 is 9.53 Å². The van der Waals surface area contributed by atoms with Crippen LogP contribution >= 0.6 is 11.3 Å². The Balaban J connectivity index is 1.40. The maximum absolute atomic E-state index is 12.7. The third kappa shape index (κ3) is 5.76. The number of benzene rings is 2. The summed E-state index contributed by atoms with van der Waals surface area (Å²) in [6, 6.07) is 23.3. The molecule has 2 heterocycles. The number of nitriles is 1. The van der Waals surface area contributed by atoms with E-state index in [1.54, 1.807) is 6.08 Å². The van der Waals surface area contributed by atoms with Crippen molar-refractivity contribution in [2.45, 2.75) is 13.5 Å². The van der Waals surface area contributed by atoms with Crippen molar-refractivity contribution in [3.8, 4) is 23.1 Å². The van der Waals surface area contributed by atoms with E-state index in [2.05, 4.69) is 10.3 Å². The van der Waals surface area contributed by atoms with Gasteiger partial charge in [-0.3, -0.25) is 10.1 Å². The molecule has 7 heteroatoms. The Morgan fingerprint density at radius 3 is 2.70 bits per heavy atom. The Morgan fingerprint density at radius 2 is 1.94 bits per heavy atom. The summed E-state index contributed by atoms with van der Waals surface area (Å²) in [4.78, 5) is 17.1. The smallest absolute Gasteiger partial charge is 0.268 e. The van der Waals surface area contributed by atoms with E-state index in [4.69, 9.17) is 4.74 Å². The van der Waals surface area contributed by atoms with Gasteiger partial charge in [0, 0.05) is 22.8 Å². The SMILES string of the molecule is Cc1ccc(OCCn2cccc2/C=C(/C#N)C(=O)Nc2nc(-c3ccccc3)cs2)cc1.